The van der Waals surface area contributed by atoms with Crippen molar-refractivity contribution >= 4 is 17.5 Å². The fraction of sp³-hybridized carbons (Fsp3) is 0.667. The van der Waals surface area contributed by atoms with E-state index < -0.39 is 11.4 Å². The van der Waals surface area contributed by atoms with E-state index in [0.29, 0.717) is 58.2 Å². The molecule has 142 valence electrons. The van der Waals surface area contributed by atoms with Crippen LogP contribution in [0.15, 0.2) is 6.20 Å². The second-order valence-corrected chi connectivity index (χ2v) is 6.99. The molecule has 1 heterocycles. The molecule has 0 bridgehead atoms. The Labute approximate surface area is 151 Å². The zero-order valence-corrected chi connectivity index (χ0v) is 14.9. The van der Waals surface area contributed by atoms with Crippen LogP contribution in [0.5, 0.6) is 5.88 Å². The Balaban J connectivity index is 1.69. The first-order valence-corrected chi connectivity index (χ1v) is 8.99. The first-order chi connectivity index (χ1) is 12.5. The molecule has 1 aromatic heterocycles. The quantitative estimate of drug-likeness (QED) is 0.582. The second kappa shape index (κ2) is 7.57. The number of Topliss-reactive ketones (excluding diaryl/α,β-unsaturated/α-hetero) is 2. The van der Waals surface area contributed by atoms with Crippen LogP contribution in [-0.2, 0) is 14.3 Å². The van der Waals surface area contributed by atoms with Gasteiger partial charge in [0.1, 0.15) is 17.1 Å². The average molecular weight is 364 g/mol. The van der Waals surface area contributed by atoms with Crippen molar-refractivity contribution in [3.63, 3.8) is 0 Å². The molecule has 1 aromatic rings. The molecule has 3 rings (SSSR count). The Morgan fingerprint density at radius 1 is 1.27 bits per heavy atom. The number of aromatic nitrogens is 2. The number of aromatic carboxylic acids is 1. The van der Waals surface area contributed by atoms with Crippen molar-refractivity contribution in [2.24, 2.45) is 5.41 Å². The standard InChI is InChI=1S/C18H24N2O6/c1-25-9-2-10-26-16-13(17(23)24)11-20(19-16)12-5-7-18(8-6-12)14(21)3-4-15(18)22/h11-12H,2-10H2,1H3,(H,23,24). The molecule has 0 aromatic carbocycles. The van der Waals surface area contributed by atoms with Gasteiger partial charge in [0.15, 0.2) is 0 Å². The number of rotatable bonds is 7. The Bertz CT molecular complexity index is 685. The summed E-state index contributed by atoms with van der Waals surface area (Å²) in [7, 11) is 1.59. The van der Waals surface area contributed by atoms with Crippen molar-refractivity contribution in [1.82, 2.24) is 9.78 Å². The molecule has 2 saturated carbocycles. The van der Waals surface area contributed by atoms with E-state index in [1.807, 2.05) is 0 Å². The van der Waals surface area contributed by atoms with Gasteiger partial charge in [0.05, 0.1) is 18.1 Å². The normalized spacial score (nSPS) is 20.0. The zero-order valence-electron chi connectivity index (χ0n) is 14.9. The van der Waals surface area contributed by atoms with Gasteiger partial charge in [-0.15, -0.1) is 5.10 Å². The van der Waals surface area contributed by atoms with Gasteiger partial charge in [-0.05, 0) is 25.7 Å². The number of nitrogens with zero attached hydrogens (tertiary/aromatic N) is 2. The molecule has 8 heteroatoms. The molecule has 1 spiro atoms. The summed E-state index contributed by atoms with van der Waals surface area (Å²) in [6.45, 7) is 0.845. The first kappa shape index (κ1) is 18.6. The van der Waals surface area contributed by atoms with Gasteiger partial charge in [-0.2, -0.15) is 0 Å². The number of carbonyl (C=O) groups is 3. The number of carbonyl (C=O) groups excluding carboxylic acids is 2. The third-order valence-electron chi connectivity index (χ3n) is 5.49. The lowest BCUT2D eigenvalue weighted by Gasteiger charge is -2.34. The molecule has 2 aliphatic carbocycles. The van der Waals surface area contributed by atoms with Crippen LogP contribution in [-0.4, -0.2) is 52.7 Å². The minimum atomic E-state index is -1.09. The van der Waals surface area contributed by atoms with E-state index in [9.17, 15) is 19.5 Å². The van der Waals surface area contributed by atoms with Gasteiger partial charge < -0.3 is 14.6 Å². The van der Waals surface area contributed by atoms with E-state index in [1.165, 1.54) is 6.20 Å². The van der Waals surface area contributed by atoms with Crippen LogP contribution in [0, 0.1) is 5.41 Å². The molecule has 8 nitrogen and oxygen atoms in total. The summed E-state index contributed by atoms with van der Waals surface area (Å²) in [6.07, 6.45) is 5.11. The largest absolute Gasteiger partial charge is 0.477 e. The predicted molar refractivity (Wildman–Crippen MR) is 90.4 cm³/mol. The molecule has 2 aliphatic rings. The number of ketones is 2. The monoisotopic (exact) mass is 364 g/mol. The van der Waals surface area contributed by atoms with Gasteiger partial charge in [-0.1, -0.05) is 0 Å². The summed E-state index contributed by atoms with van der Waals surface area (Å²) in [5.74, 6) is -0.863. The van der Waals surface area contributed by atoms with Gasteiger partial charge in [-0.25, -0.2) is 4.79 Å². The summed E-state index contributed by atoms with van der Waals surface area (Å²) >= 11 is 0. The molecule has 0 radical (unpaired) electrons. The number of hydrogen-bond acceptors (Lipinski definition) is 6. The molecule has 0 saturated heterocycles. The Morgan fingerprint density at radius 2 is 1.92 bits per heavy atom. The van der Waals surface area contributed by atoms with Crippen molar-refractivity contribution < 1.29 is 29.0 Å². The third kappa shape index (κ3) is 3.38. The van der Waals surface area contributed by atoms with E-state index >= 15 is 0 Å². The summed E-state index contributed by atoms with van der Waals surface area (Å²) in [4.78, 5) is 35.8. The molecule has 26 heavy (non-hydrogen) atoms. The van der Waals surface area contributed by atoms with Crippen molar-refractivity contribution in [1.29, 1.82) is 0 Å². The number of methoxy groups -OCH3 is 1. The van der Waals surface area contributed by atoms with Crippen LogP contribution in [0.25, 0.3) is 0 Å². The maximum atomic E-state index is 12.2. The highest BCUT2D eigenvalue weighted by Crippen LogP contribution is 2.47. The van der Waals surface area contributed by atoms with Gasteiger partial charge in [0.2, 0.25) is 5.88 Å². The van der Waals surface area contributed by atoms with Gasteiger partial charge in [0, 0.05) is 39.2 Å². The van der Waals surface area contributed by atoms with Crippen LogP contribution < -0.4 is 4.74 Å². The molecular weight excluding hydrogens is 340 g/mol. The fourth-order valence-electron chi connectivity index (χ4n) is 3.97. The van der Waals surface area contributed by atoms with E-state index in [-0.39, 0.29) is 29.1 Å². The zero-order chi connectivity index (χ0) is 18.7. The number of carboxylic acid groups (broad SMARTS) is 1. The highest BCUT2D eigenvalue weighted by Gasteiger charge is 2.51. The highest BCUT2D eigenvalue weighted by atomic mass is 16.5. The average Bonchev–Trinajstić information content (AvgIpc) is 3.17. The molecule has 1 N–H and O–H groups in total. The molecule has 2 fully saturated rings. The van der Waals surface area contributed by atoms with Gasteiger partial charge >= 0.3 is 5.97 Å². The Hall–Kier alpha value is -2.22. The molecule has 0 aliphatic heterocycles. The van der Waals surface area contributed by atoms with E-state index in [0.717, 1.165) is 0 Å². The SMILES string of the molecule is COCCCOc1nn(C2CCC3(CC2)C(=O)CCC3=O)cc1C(=O)O. The van der Waals surface area contributed by atoms with Crippen molar-refractivity contribution in [2.75, 3.05) is 20.3 Å². The van der Waals surface area contributed by atoms with Crippen molar-refractivity contribution in [2.45, 2.75) is 51.0 Å². The molecular formula is C18H24N2O6. The van der Waals surface area contributed by atoms with E-state index in [2.05, 4.69) is 5.10 Å². The summed E-state index contributed by atoms with van der Waals surface area (Å²) in [5, 5.41) is 13.7. The third-order valence-corrected chi connectivity index (χ3v) is 5.49. The van der Waals surface area contributed by atoms with Crippen LogP contribution in [0.3, 0.4) is 0 Å². The van der Waals surface area contributed by atoms with Gasteiger partial charge in [-0.3, -0.25) is 14.3 Å². The lowest BCUT2D eigenvalue weighted by Crippen LogP contribution is -2.37. The number of ether oxygens (including phenoxy) is 2. The number of hydrogen-bond donors (Lipinski definition) is 1. The van der Waals surface area contributed by atoms with Gasteiger partial charge in [0.25, 0.3) is 0 Å². The Morgan fingerprint density at radius 3 is 2.50 bits per heavy atom. The van der Waals surface area contributed by atoms with E-state index in [1.54, 1.807) is 11.8 Å². The minimum absolute atomic E-state index is 0.0238. The maximum Gasteiger partial charge on any atom is 0.342 e. The smallest absolute Gasteiger partial charge is 0.342 e. The van der Waals surface area contributed by atoms with Crippen LogP contribution >= 0.6 is 0 Å². The fourth-order valence-corrected chi connectivity index (χ4v) is 3.97. The second-order valence-electron chi connectivity index (χ2n) is 6.99. The molecule has 0 amide bonds. The molecule has 0 unspecified atom stereocenters. The summed E-state index contributed by atoms with van der Waals surface area (Å²) < 4.78 is 12.1. The first-order valence-electron chi connectivity index (χ1n) is 8.99. The van der Waals surface area contributed by atoms with Crippen LogP contribution in [0.2, 0.25) is 0 Å². The highest BCUT2D eigenvalue weighted by molar-refractivity contribution is 6.12. The number of carboxylic acids is 1. The predicted octanol–water partition coefficient (Wildman–Crippen LogP) is 2.03. The lowest BCUT2D eigenvalue weighted by molar-refractivity contribution is -0.137. The van der Waals surface area contributed by atoms with Crippen molar-refractivity contribution in [3.8, 4) is 5.88 Å². The topological polar surface area (TPSA) is 108 Å². The van der Waals surface area contributed by atoms with Crippen molar-refractivity contribution in [3.05, 3.63) is 11.8 Å². The Kier molecular flexibility index (Phi) is 5.41. The lowest BCUT2D eigenvalue weighted by atomic mass is 9.70. The van der Waals surface area contributed by atoms with E-state index in [4.69, 9.17) is 9.47 Å². The summed E-state index contributed by atoms with van der Waals surface area (Å²) in [6, 6.07) is -0.0312. The minimum Gasteiger partial charge on any atom is -0.477 e. The van der Waals surface area contributed by atoms with Crippen LogP contribution in [0.4, 0.5) is 0 Å². The molecule has 0 atom stereocenters. The summed E-state index contributed by atoms with van der Waals surface area (Å²) in [5.41, 5.74) is -0.769. The maximum absolute atomic E-state index is 12.2. The van der Waals surface area contributed by atoms with Crippen LogP contribution in [0.1, 0.15) is 61.3 Å².